The lowest BCUT2D eigenvalue weighted by Gasteiger charge is -2.27. The predicted octanol–water partition coefficient (Wildman–Crippen LogP) is 2.78. The Morgan fingerprint density at radius 2 is 1.80 bits per heavy atom. The zero-order chi connectivity index (χ0) is 12.1. The van der Waals surface area contributed by atoms with Gasteiger partial charge in [-0.25, -0.2) is 4.79 Å². The van der Waals surface area contributed by atoms with Crippen LogP contribution in [0.2, 0.25) is 0 Å². The quantitative estimate of drug-likeness (QED) is 0.640. The van der Waals surface area contributed by atoms with Crippen molar-refractivity contribution < 1.29 is 14.3 Å². The number of ether oxygens (including phenoxy) is 2. The Morgan fingerprint density at radius 3 is 2.20 bits per heavy atom. The minimum atomic E-state index is -0.487. The highest BCUT2D eigenvalue weighted by Gasteiger charge is 2.24. The van der Waals surface area contributed by atoms with Gasteiger partial charge in [-0.15, -0.1) is 0 Å². The second-order valence-electron chi connectivity index (χ2n) is 4.90. The zero-order valence-electron chi connectivity index (χ0n) is 10.8. The molecule has 0 N–H and O–H groups in total. The number of carbonyl (C=O) groups is 1. The van der Waals surface area contributed by atoms with Crippen molar-refractivity contribution in [3.05, 3.63) is 0 Å². The molecule has 0 aromatic rings. The molecule has 1 atom stereocenters. The van der Waals surface area contributed by atoms with Crippen molar-refractivity contribution in [2.45, 2.75) is 59.7 Å². The van der Waals surface area contributed by atoms with Gasteiger partial charge in [0, 0.05) is 0 Å². The summed E-state index contributed by atoms with van der Waals surface area (Å²) in [7, 11) is 0. The highest BCUT2D eigenvalue weighted by atomic mass is 16.6. The maximum absolute atomic E-state index is 11.5. The van der Waals surface area contributed by atoms with E-state index in [1.54, 1.807) is 6.92 Å². The Morgan fingerprint density at radius 1 is 1.27 bits per heavy atom. The molecular formula is C12H24O3. The molecule has 0 bridgehead atoms. The number of carbonyl (C=O) groups excluding carboxylic acids is 1. The molecule has 0 saturated heterocycles. The van der Waals surface area contributed by atoms with Gasteiger partial charge >= 0.3 is 5.97 Å². The van der Waals surface area contributed by atoms with Crippen molar-refractivity contribution in [1.82, 2.24) is 0 Å². The molecule has 0 aromatic carbocycles. The van der Waals surface area contributed by atoms with Crippen molar-refractivity contribution in [3.63, 3.8) is 0 Å². The van der Waals surface area contributed by atoms with Crippen molar-refractivity contribution >= 4 is 5.97 Å². The fraction of sp³-hybridized carbons (Fsp3) is 0.917. The molecule has 0 radical (unpaired) electrons. The van der Waals surface area contributed by atoms with Gasteiger partial charge in [-0.2, -0.15) is 0 Å². The van der Waals surface area contributed by atoms with Crippen LogP contribution in [0.5, 0.6) is 0 Å². The molecule has 0 saturated carbocycles. The molecule has 15 heavy (non-hydrogen) atoms. The first-order chi connectivity index (χ1) is 6.78. The van der Waals surface area contributed by atoms with Crippen LogP contribution in [0.4, 0.5) is 0 Å². The SMILES string of the molecule is CCC(C)(C)OC(C)C(=O)OCC(C)C. The molecule has 0 aliphatic rings. The van der Waals surface area contributed by atoms with E-state index < -0.39 is 6.10 Å². The standard InChI is InChI=1S/C12H24O3/c1-7-12(5,6)15-10(4)11(13)14-8-9(2)3/h9-10H,7-8H2,1-6H3. The third kappa shape index (κ3) is 6.50. The largest absolute Gasteiger partial charge is 0.464 e. The molecule has 0 aliphatic carbocycles. The van der Waals surface area contributed by atoms with Gasteiger partial charge in [0.1, 0.15) is 0 Å². The highest BCUT2D eigenvalue weighted by molar-refractivity contribution is 5.74. The molecule has 0 heterocycles. The molecule has 3 heteroatoms. The molecule has 0 aromatic heterocycles. The van der Waals surface area contributed by atoms with E-state index in [1.807, 2.05) is 34.6 Å². The smallest absolute Gasteiger partial charge is 0.334 e. The monoisotopic (exact) mass is 216 g/mol. The summed E-state index contributed by atoms with van der Waals surface area (Å²) in [6, 6.07) is 0. The predicted molar refractivity (Wildman–Crippen MR) is 60.7 cm³/mol. The molecule has 0 fully saturated rings. The summed E-state index contributed by atoms with van der Waals surface area (Å²) in [5.74, 6) is 0.0885. The Balaban J connectivity index is 3.99. The Bertz CT molecular complexity index is 197. The van der Waals surface area contributed by atoms with Gasteiger partial charge in [-0.3, -0.25) is 0 Å². The van der Waals surface area contributed by atoms with Crippen molar-refractivity contribution in [2.75, 3.05) is 6.61 Å². The lowest BCUT2D eigenvalue weighted by molar-refractivity contribution is -0.167. The molecule has 3 nitrogen and oxygen atoms in total. The maximum atomic E-state index is 11.5. The third-order valence-corrected chi connectivity index (χ3v) is 2.24. The minimum Gasteiger partial charge on any atom is -0.464 e. The molecule has 0 rings (SSSR count). The van der Waals surface area contributed by atoms with Gasteiger partial charge in [0.05, 0.1) is 12.2 Å². The second kappa shape index (κ2) is 6.11. The van der Waals surface area contributed by atoms with E-state index in [1.165, 1.54) is 0 Å². The summed E-state index contributed by atoms with van der Waals surface area (Å²) in [5, 5.41) is 0. The van der Waals surface area contributed by atoms with Crippen molar-refractivity contribution in [2.24, 2.45) is 5.92 Å². The van der Waals surface area contributed by atoms with E-state index in [0.717, 1.165) is 6.42 Å². The first kappa shape index (κ1) is 14.4. The third-order valence-electron chi connectivity index (χ3n) is 2.24. The lowest BCUT2D eigenvalue weighted by Crippen LogP contribution is -2.34. The lowest BCUT2D eigenvalue weighted by atomic mass is 10.1. The molecule has 0 spiro atoms. The number of hydrogen-bond acceptors (Lipinski definition) is 3. The van der Waals surface area contributed by atoms with Crippen molar-refractivity contribution in [1.29, 1.82) is 0 Å². The summed E-state index contributed by atoms with van der Waals surface area (Å²) >= 11 is 0. The Hall–Kier alpha value is -0.570. The van der Waals surface area contributed by atoms with Crippen LogP contribution in [0.25, 0.3) is 0 Å². The molecule has 1 unspecified atom stereocenters. The van der Waals surface area contributed by atoms with Gasteiger partial charge in [-0.1, -0.05) is 20.8 Å². The minimum absolute atomic E-state index is 0.268. The number of rotatable bonds is 6. The van der Waals surface area contributed by atoms with Gasteiger partial charge in [-0.05, 0) is 33.1 Å². The van der Waals surface area contributed by atoms with E-state index >= 15 is 0 Å². The average molecular weight is 216 g/mol. The fourth-order valence-electron chi connectivity index (χ4n) is 0.976. The second-order valence-corrected chi connectivity index (χ2v) is 4.90. The summed E-state index contributed by atoms with van der Waals surface area (Å²) in [4.78, 5) is 11.5. The van der Waals surface area contributed by atoms with Crippen LogP contribution in [0.1, 0.15) is 48.0 Å². The van der Waals surface area contributed by atoms with Crippen LogP contribution >= 0.6 is 0 Å². The summed E-state index contributed by atoms with van der Waals surface area (Å²) in [6.45, 7) is 12.2. The zero-order valence-corrected chi connectivity index (χ0v) is 10.8. The van der Waals surface area contributed by atoms with E-state index in [9.17, 15) is 4.79 Å². The van der Waals surface area contributed by atoms with E-state index in [2.05, 4.69) is 0 Å². The Labute approximate surface area is 93.1 Å². The van der Waals surface area contributed by atoms with E-state index in [4.69, 9.17) is 9.47 Å². The summed E-state index contributed by atoms with van der Waals surface area (Å²) in [6.07, 6.45) is 0.383. The van der Waals surface area contributed by atoms with Crippen LogP contribution in [0.15, 0.2) is 0 Å². The number of esters is 1. The van der Waals surface area contributed by atoms with Crippen LogP contribution in [-0.2, 0) is 14.3 Å². The van der Waals surface area contributed by atoms with Crippen LogP contribution in [-0.4, -0.2) is 24.3 Å². The topological polar surface area (TPSA) is 35.5 Å². The van der Waals surface area contributed by atoms with Gasteiger partial charge < -0.3 is 9.47 Å². The summed E-state index contributed by atoms with van der Waals surface area (Å²) < 4.78 is 10.7. The first-order valence-electron chi connectivity index (χ1n) is 5.63. The summed E-state index contributed by atoms with van der Waals surface area (Å²) in [5.41, 5.74) is -0.268. The van der Waals surface area contributed by atoms with Crippen LogP contribution < -0.4 is 0 Å². The molecule has 0 amide bonds. The molecular weight excluding hydrogens is 192 g/mol. The highest BCUT2D eigenvalue weighted by Crippen LogP contribution is 2.16. The molecule has 0 aliphatic heterocycles. The van der Waals surface area contributed by atoms with Gasteiger partial charge in [0.15, 0.2) is 6.10 Å². The number of hydrogen-bond donors (Lipinski definition) is 0. The molecule has 90 valence electrons. The van der Waals surface area contributed by atoms with E-state index in [-0.39, 0.29) is 11.6 Å². The fourth-order valence-corrected chi connectivity index (χ4v) is 0.976. The van der Waals surface area contributed by atoms with Crippen molar-refractivity contribution in [3.8, 4) is 0 Å². The van der Waals surface area contributed by atoms with E-state index in [0.29, 0.717) is 12.5 Å². The van der Waals surface area contributed by atoms with Crippen LogP contribution in [0.3, 0.4) is 0 Å². The maximum Gasteiger partial charge on any atom is 0.334 e. The average Bonchev–Trinajstić information content (AvgIpc) is 2.13. The Kier molecular flexibility index (Phi) is 5.88. The normalized spacial score (nSPS) is 14.1. The first-order valence-corrected chi connectivity index (χ1v) is 5.63. The van der Waals surface area contributed by atoms with Gasteiger partial charge in [0.25, 0.3) is 0 Å². The van der Waals surface area contributed by atoms with Crippen LogP contribution in [0, 0.1) is 5.92 Å². The van der Waals surface area contributed by atoms with Gasteiger partial charge in [0.2, 0.25) is 0 Å².